The van der Waals surface area contributed by atoms with Crippen molar-refractivity contribution in [3.8, 4) is 0 Å². The van der Waals surface area contributed by atoms with Gasteiger partial charge in [0.2, 0.25) is 5.91 Å². The maximum absolute atomic E-state index is 12.6. The summed E-state index contributed by atoms with van der Waals surface area (Å²) in [5.41, 5.74) is 1.70. The largest absolute Gasteiger partial charge is 0.342 e. The summed E-state index contributed by atoms with van der Waals surface area (Å²) in [4.78, 5) is 17.0. The van der Waals surface area contributed by atoms with Crippen LogP contribution in [0.3, 0.4) is 0 Å². The van der Waals surface area contributed by atoms with Crippen LogP contribution < -0.4 is 5.32 Å². The number of aryl methyl sites for hydroxylation is 1. The molecule has 0 spiro atoms. The third-order valence-corrected chi connectivity index (χ3v) is 4.51. The monoisotopic (exact) mass is 373 g/mol. The predicted molar refractivity (Wildman–Crippen MR) is 99.8 cm³/mol. The van der Waals surface area contributed by atoms with Crippen LogP contribution in [0.25, 0.3) is 0 Å². The molecular formula is C19H17Cl2N3O. The smallest absolute Gasteiger partial charge is 0.225 e. The van der Waals surface area contributed by atoms with Gasteiger partial charge in [-0.15, -0.1) is 0 Å². The quantitative estimate of drug-likeness (QED) is 0.729. The molecule has 128 valence electrons. The first-order valence-corrected chi connectivity index (χ1v) is 8.55. The molecule has 1 atom stereocenters. The van der Waals surface area contributed by atoms with Crippen LogP contribution in [0, 0.1) is 0 Å². The molecule has 3 aromatic rings. The number of halogens is 2. The Morgan fingerprint density at radius 1 is 1.20 bits per heavy atom. The Hall–Kier alpha value is -2.30. The van der Waals surface area contributed by atoms with Crippen LogP contribution in [0.2, 0.25) is 10.0 Å². The first-order chi connectivity index (χ1) is 12.0. The van der Waals surface area contributed by atoms with Gasteiger partial charge in [-0.3, -0.25) is 4.79 Å². The zero-order valence-electron chi connectivity index (χ0n) is 13.6. The molecule has 0 aliphatic rings. The molecule has 25 heavy (non-hydrogen) atoms. The maximum atomic E-state index is 12.6. The normalized spacial score (nSPS) is 12.0. The van der Waals surface area contributed by atoms with E-state index in [0.717, 1.165) is 17.0 Å². The molecule has 0 fully saturated rings. The molecule has 0 radical (unpaired) electrons. The lowest BCUT2D eigenvalue weighted by Gasteiger charge is -2.19. The van der Waals surface area contributed by atoms with Crippen molar-refractivity contribution in [2.45, 2.75) is 12.5 Å². The van der Waals surface area contributed by atoms with E-state index in [4.69, 9.17) is 23.2 Å². The fraction of sp³-hybridized carbons (Fsp3) is 0.158. The van der Waals surface area contributed by atoms with Crippen LogP contribution in [0.4, 0.5) is 0 Å². The number of hydrogen-bond acceptors (Lipinski definition) is 2. The lowest BCUT2D eigenvalue weighted by atomic mass is 10.1. The summed E-state index contributed by atoms with van der Waals surface area (Å²) in [5.74, 6) is 0.628. The average Bonchev–Trinajstić information content (AvgIpc) is 3.02. The molecule has 0 bridgehead atoms. The van der Waals surface area contributed by atoms with Crippen molar-refractivity contribution in [1.29, 1.82) is 0 Å². The van der Waals surface area contributed by atoms with E-state index in [-0.39, 0.29) is 18.4 Å². The molecule has 0 aliphatic carbocycles. The molecule has 6 heteroatoms. The molecule has 3 rings (SSSR count). The Kier molecular flexibility index (Phi) is 5.41. The second kappa shape index (κ2) is 7.72. The van der Waals surface area contributed by atoms with Gasteiger partial charge in [0, 0.05) is 29.5 Å². The number of rotatable bonds is 5. The molecule has 2 aromatic carbocycles. The van der Waals surface area contributed by atoms with Crippen LogP contribution in [0.5, 0.6) is 0 Å². The number of hydrogen-bond donors (Lipinski definition) is 1. The number of aromatic nitrogens is 2. The summed E-state index contributed by atoms with van der Waals surface area (Å²) in [5, 5.41) is 4.08. The van der Waals surface area contributed by atoms with E-state index < -0.39 is 0 Å². The minimum Gasteiger partial charge on any atom is -0.342 e. The lowest BCUT2D eigenvalue weighted by Crippen LogP contribution is -2.32. The Morgan fingerprint density at radius 3 is 2.60 bits per heavy atom. The molecule has 0 saturated carbocycles. The highest BCUT2D eigenvalue weighted by Gasteiger charge is 2.21. The topological polar surface area (TPSA) is 46.9 Å². The van der Waals surface area contributed by atoms with Crippen molar-refractivity contribution < 1.29 is 4.79 Å². The van der Waals surface area contributed by atoms with Crippen molar-refractivity contribution in [3.63, 3.8) is 0 Å². The molecule has 0 saturated heterocycles. The van der Waals surface area contributed by atoms with E-state index in [9.17, 15) is 4.79 Å². The zero-order valence-corrected chi connectivity index (χ0v) is 15.1. The number of benzene rings is 2. The van der Waals surface area contributed by atoms with Crippen LogP contribution >= 0.6 is 23.2 Å². The van der Waals surface area contributed by atoms with Crippen molar-refractivity contribution >= 4 is 29.1 Å². The van der Waals surface area contributed by atoms with Gasteiger partial charge in [0.05, 0.1) is 6.42 Å². The van der Waals surface area contributed by atoms with Gasteiger partial charge in [-0.25, -0.2) is 4.98 Å². The number of amides is 1. The van der Waals surface area contributed by atoms with Crippen LogP contribution in [0.1, 0.15) is 23.0 Å². The van der Waals surface area contributed by atoms with Gasteiger partial charge < -0.3 is 9.88 Å². The number of nitrogens with zero attached hydrogens (tertiary/aromatic N) is 2. The van der Waals surface area contributed by atoms with E-state index >= 15 is 0 Å². The van der Waals surface area contributed by atoms with E-state index in [1.165, 1.54) is 0 Å². The molecule has 0 aliphatic heterocycles. The number of nitrogens with one attached hydrogen (secondary N) is 1. The van der Waals surface area contributed by atoms with Gasteiger partial charge >= 0.3 is 0 Å². The first-order valence-electron chi connectivity index (χ1n) is 7.80. The number of imidazole rings is 1. The third-order valence-electron chi connectivity index (χ3n) is 3.92. The highest BCUT2D eigenvalue weighted by Crippen LogP contribution is 2.23. The summed E-state index contributed by atoms with van der Waals surface area (Å²) in [6, 6.07) is 14.5. The fourth-order valence-corrected chi connectivity index (χ4v) is 3.12. The summed E-state index contributed by atoms with van der Waals surface area (Å²) in [6.45, 7) is 0. The van der Waals surface area contributed by atoms with E-state index in [1.807, 2.05) is 48.1 Å². The summed E-state index contributed by atoms with van der Waals surface area (Å²) < 4.78 is 1.90. The summed E-state index contributed by atoms with van der Waals surface area (Å²) in [7, 11) is 1.90. The lowest BCUT2D eigenvalue weighted by molar-refractivity contribution is -0.121. The van der Waals surface area contributed by atoms with Gasteiger partial charge in [0.25, 0.3) is 0 Å². The molecule has 1 aromatic heterocycles. The Bertz CT molecular complexity index is 877. The van der Waals surface area contributed by atoms with Crippen molar-refractivity contribution in [1.82, 2.24) is 14.9 Å². The van der Waals surface area contributed by atoms with Crippen molar-refractivity contribution in [2.24, 2.45) is 7.05 Å². The minimum atomic E-state index is -0.334. The van der Waals surface area contributed by atoms with Crippen LogP contribution in [-0.4, -0.2) is 15.5 Å². The highest BCUT2D eigenvalue weighted by molar-refractivity contribution is 6.35. The summed E-state index contributed by atoms with van der Waals surface area (Å²) in [6.07, 6.45) is 3.74. The Labute approximate surface area is 156 Å². The Balaban J connectivity index is 1.83. The third kappa shape index (κ3) is 4.21. The molecule has 1 unspecified atom stereocenters. The van der Waals surface area contributed by atoms with Crippen molar-refractivity contribution in [2.75, 3.05) is 0 Å². The Morgan fingerprint density at radius 2 is 1.96 bits per heavy atom. The minimum absolute atomic E-state index is 0.138. The second-order valence-corrected chi connectivity index (χ2v) is 6.56. The zero-order chi connectivity index (χ0) is 17.8. The summed E-state index contributed by atoms with van der Waals surface area (Å²) >= 11 is 12.1. The van der Waals surface area contributed by atoms with Gasteiger partial charge in [0.1, 0.15) is 11.9 Å². The predicted octanol–water partition coefficient (Wildman–Crippen LogP) is 4.18. The van der Waals surface area contributed by atoms with Gasteiger partial charge in [-0.1, -0.05) is 59.6 Å². The molecule has 1 N–H and O–H groups in total. The molecular weight excluding hydrogens is 357 g/mol. The second-order valence-electron chi connectivity index (χ2n) is 5.72. The van der Waals surface area contributed by atoms with Gasteiger partial charge in [0.15, 0.2) is 0 Å². The van der Waals surface area contributed by atoms with E-state index in [0.29, 0.717) is 10.0 Å². The SMILES string of the molecule is Cn1ccnc1C(NC(=O)Cc1ccc(Cl)cc1Cl)c1ccccc1. The van der Waals surface area contributed by atoms with Crippen molar-refractivity contribution in [3.05, 3.63) is 87.9 Å². The molecule has 1 heterocycles. The van der Waals surface area contributed by atoms with E-state index in [2.05, 4.69) is 10.3 Å². The average molecular weight is 374 g/mol. The standard InChI is InChI=1S/C19H17Cl2N3O/c1-24-10-9-22-19(24)18(13-5-3-2-4-6-13)23-17(25)11-14-7-8-15(20)12-16(14)21/h2-10,12,18H,11H2,1H3,(H,23,25). The van der Waals surface area contributed by atoms with Gasteiger partial charge in [-0.05, 0) is 23.3 Å². The maximum Gasteiger partial charge on any atom is 0.225 e. The van der Waals surface area contributed by atoms with Crippen LogP contribution in [-0.2, 0) is 18.3 Å². The van der Waals surface area contributed by atoms with E-state index in [1.54, 1.807) is 24.4 Å². The molecule has 1 amide bonds. The fourth-order valence-electron chi connectivity index (χ4n) is 2.65. The van der Waals surface area contributed by atoms with Crippen LogP contribution in [0.15, 0.2) is 60.9 Å². The number of carbonyl (C=O) groups excluding carboxylic acids is 1. The van der Waals surface area contributed by atoms with Gasteiger partial charge in [-0.2, -0.15) is 0 Å². The highest BCUT2D eigenvalue weighted by atomic mass is 35.5. The first kappa shape index (κ1) is 17.5. The molecule has 4 nitrogen and oxygen atoms in total. The number of carbonyl (C=O) groups is 1.